The highest BCUT2D eigenvalue weighted by atomic mass is 32.2. The monoisotopic (exact) mass is 597 g/mol. The number of fused-ring (bicyclic) bond motifs is 2. The van der Waals surface area contributed by atoms with Crippen LogP contribution in [-0.4, -0.2) is 60.8 Å². The molecule has 2 aromatic rings. The molecule has 41 heavy (non-hydrogen) atoms. The lowest BCUT2D eigenvalue weighted by molar-refractivity contribution is -0.437. The molecule has 10 heteroatoms. The molecule has 0 aromatic heterocycles. The first-order valence-corrected chi connectivity index (χ1v) is 16.8. The normalized spacial score (nSPS) is 19.1. The molecule has 2 aliphatic rings. The van der Waals surface area contributed by atoms with Crippen LogP contribution in [0.1, 0.15) is 51.7 Å². The van der Waals surface area contributed by atoms with Crippen molar-refractivity contribution in [1.82, 2.24) is 0 Å². The van der Waals surface area contributed by atoms with Crippen molar-refractivity contribution in [2.75, 3.05) is 29.5 Å². The van der Waals surface area contributed by atoms with Gasteiger partial charge >= 0.3 is 0 Å². The Morgan fingerprint density at radius 3 is 2.07 bits per heavy atom. The molecule has 0 unspecified atom stereocenters. The highest BCUT2D eigenvalue weighted by Gasteiger charge is 2.44. The number of hydrogen-bond acceptors (Lipinski definition) is 7. The van der Waals surface area contributed by atoms with Crippen LogP contribution in [0.15, 0.2) is 84.6 Å². The Morgan fingerprint density at radius 1 is 0.780 bits per heavy atom. The molecule has 220 valence electrons. The summed E-state index contributed by atoms with van der Waals surface area (Å²) in [6.07, 6.45) is 10.3. The summed E-state index contributed by atoms with van der Waals surface area (Å²) < 4.78 is 69.3. The first-order valence-electron chi connectivity index (χ1n) is 13.7. The Labute approximate surface area is 243 Å². The number of nitrogens with zero attached hydrogens (tertiary/aromatic N) is 2. The number of rotatable bonds is 11. The van der Waals surface area contributed by atoms with Gasteiger partial charge in [0.25, 0.3) is 0 Å². The maximum atomic E-state index is 11.2. The standard InChI is InChI=1S/C31H38N2O6S2/c1-30(2)24-14-8-10-16-26(24)32(20-12-22-40(34,35)36)28(30)18-6-5-7-19-29-31(3,4)25-15-9-11-17-27(25)33(29)21-13-23-41(37,38)39/h5-11,14-19H,12-13,20-23H2,1-4H3,(H-,34,35,36,37,38,39)/p-1. The fourth-order valence-corrected chi connectivity index (χ4v) is 6.89. The Hall–Kier alpha value is -3.05. The van der Waals surface area contributed by atoms with E-state index in [-0.39, 0.29) is 23.7 Å². The molecule has 0 amide bonds. The molecule has 0 aliphatic carbocycles. The lowest BCUT2D eigenvalue weighted by Gasteiger charge is -2.27. The maximum Gasteiger partial charge on any atom is 0.209 e. The summed E-state index contributed by atoms with van der Waals surface area (Å²) in [5.41, 5.74) is 5.67. The van der Waals surface area contributed by atoms with Gasteiger partial charge in [0.05, 0.1) is 25.7 Å². The molecule has 8 nitrogen and oxygen atoms in total. The van der Waals surface area contributed by atoms with Gasteiger partial charge in [0.1, 0.15) is 6.54 Å². The fourth-order valence-electron chi connectivity index (χ4n) is 5.92. The minimum absolute atomic E-state index is 0.231. The van der Waals surface area contributed by atoms with Gasteiger partial charge in [-0.15, -0.1) is 0 Å². The van der Waals surface area contributed by atoms with E-state index in [1.807, 2.05) is 66.8 Å². The predicted molar refractivity (Wildman–Crippen MR) is 161 cm³/mol. The van der Waals surface area contributed by atoms with E-state index in [0.29, 0.717) is 13.1 Å². The lowest BCUT2D eigenvalue weighted by atomic mass is 9.81. The van der Waals surface area contributed by atoms with Crippen LogP contribution in [0.4, 0.5) is 11.4 Å². The quantitative estimate of drug-likeness (QED) is 0.209. The lowest BCUT2D eigenvalue weighted by Crippen LogP contribution is -2.28. The summed E-state index contributed by atoms with van der Waals surface area (Å²) in [7, 11) is -8.58. The zero-order valence-corrected chi connectivity index (χ0v) is 25.5. The molecule has 0 N–H and O–H groups in total. The largest absolute Gasteiger partial charge is 0.748 e. The topological polar surface area (TPSA) is 121 Å². The first-order chi connectivity index (χ1) is 19.1. The van der Waals surface area contributed by atoms with Gasteiger partial charge in [-0.3, -0.25) is 0 Å². The second-order valence-corrected chi connectivity index (χ2v) is 14.5. The van der Waals surface area contributed by atoms with Crippen LogP contribution in [0.5, 0.6) is 0 Å². The first kappa shape index (κ1) is 30.9. The van der Waals surface area contributed by atoms with Crippen molar-refractivity contribution >= 4 is 37.3 Å². The van der Waals surface area contributed by atoms with E-state index in [4.69, 9.17) is 0 Å². The molecule has 0 spiro atoms. The van der Waals surface area contributed by atoms with Gasteiger partial charge in [0.15, 0.2) is 5.71 Å². The summed E-state index contributed by atoms with van der Waals surface area (Å²) in [4.78, 5) is 2.09. The van der Waals surface area contributed by atoms with Gasteiger partial charge in [-0.05, 0) is 38.0 Å². The van der Waals surface area contributed by atoms with Gasteiger partial charge in [-0.1, -0.05) is 68.5 Å². The van der Waals surface area contributed by atoms with Crippen LogP contribution < -0.4 is 4.90 Å². The molecular formula is C31H37N2O6S2-. The zero-order valence-electron chi connectivity index (χ0n) is 23.9. The fraction of sp³-hybridized carbons (Fsp3) is 0.387. The molecule has 2 aliphatic heterocycles. The number of allylic oxidation sites excluding steroid dienone is 6. The third-order valence-corrected chi connectivity index (χ3v) is 9.46. The van der Waals surface area contributed by atoms with Crippen LogP contribution in [0, 0.1) is 0 Å². The van der Waals surface area contributed by atoms with Crippen molar-refractivity contribution in [3.63, 3.8) is 0 Å². The van der Waals surface area contributed by atoms with Crippen LogP contribution in [-0.2, 0) is 31.1 Å². The maximum absolute atomic E-state index is 11.2. The summed E-state index contributed by atoms with van der Waals surface area (Å²) in [5.74, 6) is -0.821. The second-order valence-electron chi connectivity index (χ2n) is 11.5. The SMILES string of the molecule is CC1(C)C(/C=C/C=C/C=C2/N(CCCS(=O)(=O)[O-])c3ccccc3C2(C)C)=[N+](CCCS(=O)(=O)[O-])c2ccccc21. The van der Waals surface area contributed by atoms with E-state index >= 15 is 0 Å². The number of benzene rings is 2. The van der Waals surface area contributed by atoms with Gasteiger partial charge in [-0.2, -0.15) is 4.58 Å². The predicted octanol–water partition coefficient (Wildman–Crippen LogP) is 4.73. The highest BCUT2D eigenvalue weighted by molar-refractivity contribution is 7.85. The molecule has 0 radical (unpaired) electrons. The Balaban J connectivity index is 1.61. The van der Waals surface area contributed by atoms with Crippen molar-refractivity contribution in [3.8, 4) is 0 Å². The Morgan fingerprint density at radius 2 is 1.39 bits per heavy atom. The molecule has 0 bridgehead atoms. The van der Waals surface area contributed by atoms with E-state index in [1.165, 1.54) is 0 Å². The molecule has 0 atom stereocenters. The van der Waals surface area contributed by atoms with Crippen LogP contribution in [0.3, 0.4) is 0 Å². The third-order valence-electron chi connectivity index (χ3n) is 7.88. The van der Waals surface area contributed by atoms with Crippen LogP contribution in [0.2, 0.25) is 0 Å². The molecule has 2 heterocycles. The summed E-state index contributed by atoms with van der Waals surface area (Å²) in [6, 6.07) is 16.0. The number of para-hydroxylation sites is 2. The van der Waals surface area contributed by atoms with Gasteiger partial charge in [0.2, 0.25) is 5.69 Å². The van der Waals surface area contributed by atoms with E-state index in [1.54, 1.807) is 0 Å². The Kier molecular flexibility index (Phi) is 8.80. The van der Waals surface area contributed by atoms with Gasteiger partial charge in [0, 0.05) is 59.0 Å². The van der Waals surface area contributed by atoms with Crippen molar-refractivity contribution < 1.29 is 30.5 Å². The van der Waals surface area contributed by atoms with Crippen LogP contribution >= 0.6 is 0 Å². The minimum Gasteiger partial charge on any atom is -0.748 e. The number of anilines is 1. The summed E-state index contributed by atoms with van der Waals surface area (Å²) in [5, 5.41) is 0. The zero-order chi connectivity index (χ0) is 30.1. The van der Waals surface area contributed by atoms with Crippen molar-refractivity contribution in [3.05, 3.63) is 95.7 Å². The van der Waals surface area contributed by atoms with E-state index in [9.17, 15) is 25.9 Å². The summed E-state index contributed by atoms with van der Waals surface area (Å²) >= 11 is 0. The molecule has 4 rings (SSSR count). The van der Waals surface area contributed by atoms with Gasteiger partial charge in [-0.25, -0.2) is 16.8 Å². The average Bonchev–Trinajstić information content (AvgIpc) is 3.22. The van der Waals surface area contributed by atoms with Crippen molar-refractivity contribution in [2.24, 2.45) is 0 Å². The molecular weight excluding hydrogens is 560 g/mol. The smallest absolute Gasteiger partial charge is 0.209 e. The summed E-state index contributed by atoms with van der Waals surface area (Å²) in [6.45, 7) is 9.32. The Bertz CT molecular complexity index is 1650. The van der Waals surface area contributed by atoms with E-state index in [0.717, 1.165) is 33.9 Å². The minimum atomic E-state index is -4.29. The molecule has 0 saturated carbocycles. The third kappa shape index (κ3) is 6.89. The highest BCUT2D eigenvalue weighted by Crippen LogP contribution is 2.47. The second kappa shape index (κ2) is 11.7. The average molecular weight is 598 g/mol. The van der Waals surface area contributed by atoms with Crippen molar-refractivity contribution in [1.29, 1.82) is 0 Å². The van der Waals surface area contributed by atoms with Crippen molar-refractivity contribution in [2.45, 2.75) is 51.4 Å². The number of hydrogen-bond donors (Lipinski definition) is 0. The van der Waals surface area contributed by atoms with Gasteiger partial charge < -0.3 is 14.0 Å². The molecule has 0 fully saturated rings. The van der Waals surface area contributed by atoms with Crippen LogP contribution in [0.25, 0.3) is 0 Å². The molecule has 0 saturated heterocycles. The van der Waals surface area contributed by atoms with E-state index in [2.05, 4.69) is 49.3 Å². The molecule has 2 aromatic carbocycles. The van der Waals surface area contributed by atoms with E-state index < -0.39 is 31.7 Å².